The maximum absolute atomic E-state index is 11.0. The summed E-state index contributed by atoms with van der Waals surface area (Å²) in [5, 5.41) is 5.83. The molecule has 0 amide bonds. The molecule has 1 rings (SSSR count). The summed E-state index contributed by atoms with van der Waals surface area (Å²) in [6.45, 7) is 3.66. The van der Waals surface area contributed by atoms with Crippen LogP contribution in [0.1, 0.15) is 0 Å². The zero-order chi connectivity index (χ0) is 15.1. The van der Waals surface area contributed by atoms with E-state index >= 15 is 0 Å². The van der Waals surface area contributed by atoms with Gasteiger partial charge in [-0.25, -0.2) is 0 Å². The number of nitrogens with two attached hydrogens (primary N) is 1. The normalized spacial score (nSPS) is 12.8. The smallest absolute Gasteiger partial charge is 0.199 e. The van der Waals surface area contributed by atoms with Gasteiger partial charge in [-0.1, -0.05) is 29.7 Å². The Balaban J connectivity index is 2.89. The minimum Gasteiger partial charge on any atom is -0.440 e. The average Bonchev–Trinajstić information content (AvgIpc) is 2.44. The third kappa shape index (κ3) is 4.85. The number of guanidine groups is 1. The number of allylic oxidation sites excluding steroid dienone is 2. The topological polar surface area (TPSA) is 103 Å². The molecule has 108 valence electrons. The van der Waals surface area contributed by atoms with Crippen LogP contribution in [0.15, 0.2) is 56.2 Å². The largest absolute Gasteiger partial charge is 0.440 e. The SMILES string of the molecule is C=C/C(I)=C(\N=C(N)Nc1ccc([S-](=N)=O)cc1)NC. The molecule has 5 N–H and O–H groups in total. The van der Waals surface area contributed by atoms with Crippen LogP contribution in [-0.2, 0) is 14.8 Å². The van der Waals surface area contributed by atoms with Crippen LogP contribution in [-0.4, -0.2) is 13.0 Å². The molecule has 0 radical (unpaired) electrons. The highest BCUT2D eigenvalue weighted by Gasteiger charge is 2.00. The highest BCUT2D eigenvalue weighted by molar-refractivity contribution is 14.1. The van der Waals surface area contributed by atoms with Gasteiger partial charge in [-0.05, 0) is 34.7 Å². The number of hydrogen-bond acceptors (Lipinski definition) is 5. The molecule has 0 aliphatic heterocycles. The van der Waals surface area contributed by atoms with Crippen molar-refractivity contribution >= 4 is 44.8 Å². The van der Waals surface area contributed by atoms with Crippen LogP contribution >= 0.6 is 22.6 Å². The van der Waals surface area contributed by atoms with Crippen LogP contribution in [0.4, 0.5) is 5.69 Å². The molecule has 0 fully saturated rings. The molecule has 0 aliphatic carbocycles. The summed E-state index contributed by atoms with van der Waals surface area (Å²) in [7, 11) is 0.00600. The van der Waals surface area contributed by atoms with Crippen molar-refractivity contribution in [2.24, 2.45) is 10.7 Å². The van der Waals surface area contributed by atoms with Gasteiger partial charge in [0.1, 0.15) is 5.82 Å². The van der Waals surface area contributed by atoms with E-state index in [0.29, 0.717) is 16.4 Å². The number of halogens is 1. The molecule has 0 unspecified atom stereocenters. The first kappa shape index (κ1) is 16.5. The lowest BCUT2D eigenvalue weighted by atomic mass is 10.3. The Labute approximate surface area is 133 Å². The fourth-order valence-corrected chi connectivity index (χ4v) is 2.06. The maximum atomic E-state index is 11.0. The Morgan fingerprint density at radius 1 is 1.50 bits per heavy atom. The number of benzene rings is 1. The van der Waals surface area contributed by atoms with Gasteiger partial charge in [0, 0.05) is 12.7 Å². The lowest BCUT2D eigenvalue weighted by Crippen LogP contribution is -2.24. The van der Waals surface area contributed by atoms with Crippen molar-refractivity contribution in [3.05, 3.63) is 46.3 Å². The highest BCUT2D eigenvalue weighted by atomic mass is 127. The number of nitrogens with zero attached hydrogens (tertiary/aromatic N) is 1. The van der Waals surface area contributed by atoms with E-state index in [9.17, 15) is 4.21 Å². The Hall–Kier alpha value is -1.55. The minimum atomic E-state index is -1.74. The summed E-state index contributed by atoms with van der Waals surface area (Å²) in [4.78, 5) is 4.63. The predicted molar refractivity (Wildman–Crippen MR) is 91.0 cm³/mol. The first-order valence-electron chi connectivity index (χ1n) is 5.52. The summed E-state index contributed by atoms with van der Waals surface area (Å²) < 4.78 is 18.9. The van der Waals surface area contributed by atoms with Gasteiger partial charge in [-0.3, -0.25) is 0 Å². The minimum absolute atomic E-state index is 0.213. The Morgan fingerprint density at radius 3 is 2.55 bits per heavy atom. The molecule has 20 heavy (non-hydrogen) atoms. The van der Waals surface area contributed by atoms with Crippen LogP contribution in [0.5, 0.6) is 0 Å². The van der Waals surface area contributed by atoms with Crippen molar-refractivity contribution in [1.29, 1.82) is 4.78 Å². The van der Waals surface area contributed by atoms with E-state index in [4.69, 9.17) is 10.5 Å². The van der Waals surface area contributed by atoms with Gasteiger partial charge in [0.15, 0.2) is 5.96 Å². The second-order valence-electron chi connectivity index (χ2n) is 3.57. The van der Waals surface area contributed by atoms with Crippen molar-refractivity contribution in [3.8, 4) is 0 Å². The highest BCUT2D eigenvalue weighted by Crippen LogP contribution is 2.13. The third-order valence-electron chi connectivity index (χ3n) is 2.22. The number of anilines is 1. The van der Waals surface area contributed by atoms with Crippen LogP contribution in [0.25, 0.3) is 0 Å². The van der Waals surface area contributed by atoms with Gasteiger partial charge in [0.25, 0.3) is 0 Å². The molecule has 6 nitrogen and oxygen atoms in total. The molecule has 1 aromatic carbocycles. The quantitative estimate of drug-likeness (QED) is 0.199. The van der Waals surface area contributed by atoms with Crippen molar-refractivity contribution < 1.29 is 4.21 Å². The number of nitrogens with one attached hydrogen (secondary N) is 3. The van der Waals surface area contributed by atoms with Gasteiger partial charge >= 0.3 is 0 Å². The van der Waals surface area contributed by atoms with Gasteiger partial charge in [-0.2, -0.15) is 15.6 Å². The van der Waals surface area contributed by atoms with Crippen LogP contribution in [0.2, 0.25) is 0 Å². The summed E-state index contributed by atoms with van der Waals surface area (Å²) in [6, 6.07) is 6.57. The first-order chi connectivity index (χ1) is 9.47. The number of aliphatic imine (C=N–C) groups is 1. The average molecular weight is 404 g/mol. The van der Waals surface area contributed by atoms with E-state index in [2.05, 4.69) is 44.8 Å². The molecule has 0 saturated heterocycles. The molecule has 0 spiro atoms. The lowest BCUT2D eigenvalue weighted by Gasteiger charge is -2.09. The summed E-state index contributed by atoms with van der Waals surface area (Å²) >= 11 is 2.10. The molecule has 0 heterocycles. The van der Waals surface area contributed by atoms with Crippen molar-refractivity contribution in [3.63, 3.8) is 0 Å². The van der Waals surface area contributed by atoms with Gasteiger partial charge < -0.3 is 25.4 Å². The molecule has 0 atom stereocenters. The van der Waals surface area contributed by atoms with Crippen molar-refractivity contribution in [1.82, 2.24) is 5.32 Å². The van der Waals surface area contributed by atoms with Gasteiger partial charge in [0.05, 0.1) is 3.58 Å². The molecular formula is C12H15IN5OS-. The zero-order valence-electron chi connectivity index (χ0n) is 10.8. The van der Waals surface area contributed by atoms with Gasteiger partial charge in [0.2, 0.25) is 0 Å². The number of hydrogen-bond donors (Lipinski definition) is 4. The summed E-state index contributed by atoms with van der Waals surface area (Å²) in [5.74, 6) is 0.819. The molecule has 0 bridgehead atoms. The van der Waals surface area contributed by atoms with Crippen LogP contribution in [0, 0.1) is 4.78 Å². The maximum Gasteiger partial charge on any atom is 0.199 e. The van der Waals surface area contributed by atoms with E-state index in [1.54, 1.807) is 37.4 Å². The van der Waals surface area contributed by atoms with Crippen LogP contribution < -0.4 is 16.4 Å². The molecule has 0 aliphatic rings. The van der Waals surface area contributed by atoms with E-state index in [1.165, 1.54) is 0 Å². The Morgan fingerprint density at radius 2 is 2.10 bits per heavy atom. The zero-order valence-corrected chi connectivity index (χ0v) is 13.8. The van der Waals surface area contributed by atoms with Gasteiger partial charge in [-0.15, -0.1) is 0 Å². The molecule has 8 heteroatoms. The van der Waals surface area contributed by atoms with E-state index in [1.807, 2.05) is 0 Å². The second kappa shape index (κ2) is 7.90. The Kier molecular flexibility index (Phi) is 6.52. The molecule has 1 aromatic rings. The fraction of sp³-hybridized carbons (Fsp3) is 0.0833. The number of rotatable bonds is 5. The molecule has 0 aromatic heterocycles. The third-order valence-corrected chi connectivity index (χ3v) is 3.87. The summed E-state index contributed by atoms with van der Waals surface area (Å²) in [6.07, 6.45) is 1.67. The first-order valence-corrected chi connectivity index (χ1v) is 7.75. The van der Waals surface area contributed by atoms with E-state index < -0.39 is 10.6 Å². The van der Waals surface area contributed by atoms with Crippen molar-refractivity contribution in [2.45, 2.75) is 4.90 Å². The van der Waals surface area contributed by atoms with Crippen LogP contribution in [0.3, 0.4) is 0 Å². The fourth-order valence-electron chi connectivity index (χ4n) is 1.28. The molecule has 0 saturated carbocycles. The van der Waals surface area contributed by atoms with Crippen molar-refractivity contribution in [2.75, 3.05) is 12.4 Å². The standard InChI is InChI=1S/C12H15IN5OS/c1-3-10(13)11(16-2)18-12(14)17-8-4-6-9(7-5-8)20(15)19/h3-7,15-16H,1H2,2H3,(H3,14,17,18)/q-1/b11-10+. The molecular weight excluding hydrogens is 389 g/mol. The Bertz CT molecular complexity index is 611. The summed E-state index contributed by atoms with van der Waals surface area (Å²) in [5.41, 5.74) is 6.50. The second-order valence-corrected chi connectivity index (χ2v) is 5.74. The van der Waals surface area contributed by atoms with E-state index in [0.717, 1.165) is 3.58 Å². The predicted octanol–water partition coefficient (Wildman–Crippen LogP) is 2.51. The monoisotopic (exact) mass is 404 g/mol. The van der Waals surface area contributed by atoms with E-state index in [-0.39, 0.29) is 5.96 Å². The lowest BCUT2D eigenvalue weighted by molar-refractivity contribution is 0.599.